The Morgan fingerprint density at radius 3 is 2.35 bits per heavy atom. The van der Waals surface area contributed by atoms with E-state index in [1.807, 2.05) is 50.2 Å². The van der Waals surface area contributed by atoms with Crippen LogP contribution in [0.1, 0.15) is 27.0 Å². The summed E-state index contributed by atoms with van der Waals surface area (Å²) < 4.78 is 0. The summed E-state index contributed by atoms with van der Waals surface area (Å²) in [5, 5.41) is 4.82. The van der Waals surface area contributed by atoms with E-state index in [2.05, 4.69) is 10.6 Å². The second-order valence-corrected chi connectivity index (χ2v) is 8.15. The SMILES string of the molecule is Cc1cc(C)cc(C(=O)NCC(=O)NCCN2C(=O)SC(=Cc3ccccc3)C2=O)c1. The van der Waals surface area contributed by atoms with E-state index in [0.29, 0.717) is 10.5 Å². The number of hydrogen-bond acceptors (Lipinski definition) is 5. The summed E-state index contributed by atoms with van der Waals surface area (Å²) in [5.41, 5.74) is 3.26. The topological polar surface area (TPSA) is 95.6 Å². The molecule has 3 rings (SSSR count). The zero-order valence-electron chi connectivity index (χ0n) is 17.3. The van der Waals surface area contributed by atoms with Gasteiger partial charge in [-0.25, -0.2) is 0 Å². The summed E-state index contributed by atoms with van der Waals surface area (Å²) in [7, 11) is 0. The summed E-state index contributed by atoms with van der Waals surface area (Å²) in [4.78, 5) is 50.3. The van der Waals surface area contributed by atoms with Crippen LogP contribution in [0.3, 0.4) is 0 Å². The summed E-state index contributed by atoms with van der Waals surface area (Å²) >= 11 is 0.878. The second-order valence-electron chi connectivity index (χ2n) is 7.15. The Kier molecular flexibility index (Phi) is 7.25. The molecule has 8 heteroatoms. The molecule has 1 aliphatic heterocycles. The molecule has 31 heavy (non-hydrogen) atoms. The molecule has 0 atom stereocenters. The third-order valence-electron chi connectivity index (χ3n) is 4.52. The first-order valence-corrected chi connectivity index (χ1v) is 10.6. The predicted molar refractivity (Wildman–Crippen MR) is 120 cm³/mol. The van der Waals surface area contributed by atoms with E-state index in [4.69, 9.17) is 0 Å². The number of carbonyl (C=O) groups excluding carboxylic acids is 4. The van der Waals surface area contributed by atoms with Crippen LogP contribution in [0.2, 0.25) is 0 Å². The van der Waals surface area contributed by atoms with Gasteiger partial charge in [-0.15, -0.1) is 0 Å². The first-order valence-electron chi connectivity index (χ1n) is 9.77. The Hall–Kier alpha value is -3.39. The first-order chi connectivity index (χ1) is 14.8. The van der Waals surface area contributed by atoms with Crippen molar-refractivity contribution in [1.82, 2.24) is 15.5 Å². The number of carbonyl (C=O) groups is 4. The number of hydrogen-bond donors (Lipinski definition) is 2. The van der Waals surface area contributed by atoms with Crippen molar-refractivity contribution in [3.8, 4) is 0 Å². The normalized spacial score (nSPS) is 14.8. The van der Waals surface area contributed by atoms with Crippen LogP contribution in [0.4, 0.5) is 4.79 Å². The molecule has 0 aromatic heterocycles. The van der Waals surface area contributed by atoms with Crippen molar-refractivity contribution in [2.75, 3.05) is 19.6 Å². The van der Waals surface area contributed by atoms with Gasteiger partial charge in [0.2, 0.25) is 5.91 Å². The summed E-state index contributed by atoms with van der Waals surface area (Å²) in [5.74, 6) is -1.11. The molecule has 2 aromatic carbocycles. The molecule has 1 fully saturated rings. The van der Waals surface area contributed by atoms with Crippen LogP contribution in [-0.4, -0.2) is 47.5 Å². The summed E-state index contributed by atoms with van der Waals surface area (Å²) in [6.45, 7) is 3.77. The third-order valence-corrected chi connectivity index (χ3v) is 5.43. The van der Waals surface area contributed by atoms with Gasteiger partial charge in [-0.05, 0) is 49.4 Å². The largest absolute Gasteiger partial charge is 0.353 e. The van der Waals surface area contributed by atoms with E-state index < -0.39 is 5.91 Å². The van der Waals surface area contributed by atoms with E-state index in [1.165, 1.54) is 0 Å². The average molecular weight is 438 g/mol. The molecular weight excluding hydrogens is 414 g/mol. The molecule has 0 spiro atoms. The molecule has 4 amide bonds. The quantitative estimate of drug-likeness (QED) is 0.650. The number of nitrogens with one attached hydrogen (secondary N) is 2. The van der Waals surface area contributed by atoms with Crippen molar-refractivity contribution in [2.24, 2.45) is 0 Å². The van der Waals surface area contributed by atoms with Gasteiger partial charge in [-0.2, -0.15) is 0 Å². The number of benzene rings is 2. The van der Waals surface area contributed by atoms with Crippen molar-refractivity contribution >= 4 is 40.8 Å². The van der Waals surface area contributed by atoms with E-state index in [1.54, 1.807) is 18.2 Å². The van der Waals surface area contributed by atoms with Crippen LogP contribution in [0.15, 0.2) is 53.4 Å². The van der Waals surface area contributed by atoms with Crippen molar-refractivity contribution in [2.45, 2.75) is 13.8 Å². The highest BCUT2D eigenvalue weighted by molar-refractivity contribution is 8.18. The number of aryl methyl sites for hydroxylation is 2. The standard InChI is InChI=1S/C23H23N3O4S/c1-15-10-16(2)12-18(11-15)21(28)25-14-20(27)24-8-9-26-22(29)19(31-23(26)30)13-17-6-4-3-5-7-17/h3-7,10-13H,8-9,14H2,1-2H3,(H,24,27)(H,25,28). The van der Waals surface area contributed by atoms with Gasteiger partial charge in [-0.1, -0.05) is 47.5 Å². The minimum absolute atomic E-state index is 0.0631. The van der Waals surface area contributed by atoms with Gasteiger partial charge < -0.3 is 10.6 Å². The van der Waals surface area contributed by atoms with Gasteiger partial charge in [-0.3, -0.25) is 24.1 Å². The van der Waals surface area contributed by atoms with Gasteiger partial charge in [0.1, 0.15) is 0 Å². The van der Waals surface area contributed by atoms with Gasteiger partial charge in [0, 0.05) is 18.7 Å². The predicted octanol–water partition coefficient (Wildman–Crippen LogP) is 2.89. The molecule has 0 saturated carbocycles. The minimum atomic E-state index is -0.399. The smallest absolute Gasteiger partial charge is 0.293 e. The van der Waals surface area contributed by atoms with Crippen LogP contribution in [0.25, 0.3) is 6.08 Å². The minimum Gasteiger partial charge on any atom is -0.353 e. The van der Waals surface area contributed by atoms with Crippen molar-refractivity contribution in [3.05, 3.63) is 75.7 Å². The Bertz CT molecular complexity index is 1030. The van der Waals surface area contributed by atoms with E-state index >= 15 is 0 Å². The number of amides is 4. The molecule has 0 unspecified atom stereocenters. The molecule has 7 nitrogen and oxygen atoms in total. The van der Waals surface area contributed by atoms with E-state index in [0.717, 1.165) is 33.4 Å². The van der Waals surface area contributed by atoms with Gasteiger partial charge in [0.25, 0.3) is 17.1 Å². The Balaban J connectivity index is 1.46. The van der Waals surface area contributed by atoms with Crippen LogP contribution >= 0.6 is 11.8 Å². The maximum absolute atomic E-state index is 12.5. The number of imide groups is 1. The zero-order valence-corrected chi connectivity index (χ0v) is 18.1. The maximum atomic E-state index is 12.5. The lowest BCUT2D eigenvalue weighted by Crippen LogP contribution is -2.41. The van der Waals surface area contributed by atoms with Crippen LogP contribution in [0, 0.1) is 13.8 Å². The van der Waals surface area contributed by atoms with Crippen LogP contribution in [-0.2, 0) is 9.59 Å². The molecule has 160 valence electrons. The number of rotatable bonds is 7. The first kappa shape index (κ1) is 22.3. The molecule has 1 heterocycles. The molecule has 2 aromatic rings. The van der Waals surface area contributed by atoms with Crippen molar-refractivity contribution in [1.29, 1.82) is 0 Å². The summed E-state index contributed by atoms with van der Waals surface area (Å²) in [6.07, 6.45) is 1.67. The van der Waals surface area contributed by atoms with Gasteiger partial charge in [0.15, 0.2) is 0 Å². The van der Waals surface area contributed by atoms with E-state index in [9.17, 15) is 19.2 Å². The lowest BCUT2D eigenvalue weighted by Gasteiger charge is -2.13. The fraction of sp³-hybridized carbons (Fsp3) is 0.217. The Labute approximate surface area is 184 Å². The lowest BCUT2D eigenvalue weighted by molar-refractivity contribution is -0.124. The second kappa shape index (κ2) is 10.1. The zero-order chi connectivity index (χ0) is 22.4. The molecule has 1 aliphatic rings. The number of nitrogens with zero attached hydrogens (tertiary/aromatic N) is 1. The molecule has 2 N–H and O–H groups in total. The van der Waals surface area contributed by atoms with Crippen LogP contribution in [0.5, 0.6) is 0 Å². The molecule has 1 saturated heterocycles. The van der Waals surface area contributed by atoms with Crippen LogP contribution < -0.4 is 10.6 Å². The average Bonchev–Trinajstić information content (AvgIpc) is 2.99. The summed E-state index contributed by atoms with van der Waals surface area (Å²) in [6, 6.07) is 14.7. The highest BCUT2D eigenvalue weighted by Crippen LogP contribution is 2.31. The van der Waals surface area contributed by atoms with Crippen molar-refractivity contribution in [3.63, 3.8) is 0 Å². The Morgan fingerprint density at radius 2 is 1.68 bits per heavy atom. The monoisotopic (exact) mass is 437 g/mol. The fourth-order valence-electron chi connectivity index (χ4n) is 3.13. The third kappa shape index (κ3) is 6.05. The maximum Gasteiger partial charge on any atom is 0.293 e. The number of thioether (sulfide) groups is 1. The molecular formula is C23H23N3O4S. The van der Waals surface area contributed by atoms with Crippen molar-refractivity contribution < 1.29 is 19.2 Å². The molecule has 0 radical (unpaired) electrons. The highest BCUT2D eigenvalue weighted by atomic mass is 32.2. The highest BCUT2D eigenvalue weighted by Gasteiger charge is 2.34. The van der Waals surface area contributed by atoms with Gasteiger partial charge >= 0.3 is 0 Å². The van der Waals surface area contributed by atoms with Gasteiger partial charge in [0.05, 0.1) is 11.4 Å². The Morgan fingerprint density at radius 1 is 1.00 bits per heavy atom. The molecule has 0 aliphatic carbocycles. The van der Waals surface area contributed by atoms with E-state index in [-0.39, 0.29) is 36.7 Å². The fourth-order valence-corrected chi connectivity index (χ4v) is 4.00. The lowest BCUT2D eigenvalue weighted by atomic mass is 10.1. The molecule has 0 bridgehead atoms.